The Hall–Kier alpha value is -2.53. The van der Waals surface area contributed by atoms with E-state index in [9.17, 15) is 4.79 Å². The van der Waals surface area contributed by atoms with Crippen LogP contribution < -0.4 is 0 Å². The number of carbonyl (C=O) groups excluding carboxylic acids is 1. The van der Waals surface area contributed by atoms with Crippen LogP contribution >= 0.6 is 11.6 Å². The lowest BCUT2D eigenvalue weighted by molar-refractivity contribution is 0.0459. The predicted molar refractivity (Wildman–Crippen MR) is 86.3 cm³/mol. The van der Waals surface area contributed by atoms with E-state index in [0.717, 1.165) is 5.56 Å². The highest BCUT2D eigenvalue weighted by atomic mass is 35.5. The van der Waals surface area contributed by atoms with Crippen LogP contribution in [0.1, 0.15) is 17.0 Å². The average molecular weight is 331 g/mol. The smallest absolute Gasteiger partial charge is 0.374 e. The average Bonchev–Trinajstić information content (AvgIpc) is 3.23. The quantitative estimate of drug-likeness (QED) is 0.505. The van der Waals surface area contributed by atoms with E-state index in [1.807, 2.05) is 30.5 Å². The third kappa shape index (κ3) is 3.81. The maximum absolute atomic E-state index is 12.0. The number of nitrogens with zero attached hydrogens (tertiary/aromatic N) is 2. The Balaban J connectivity index is 1.55. The maximum Gasteiger partial charge on any atom is 0.374 e. The van der Waals surface area contributed by atoms with Crippen LogP contribution in [0.5, 0.6) is 0 Å². The fourth-order valence-corrected chi connectivity index (χ4v) is 2.38. The Morgan fingerprint density at radius 1 is 1.22 bits per heavy atom. The minimum Gasteiger partial charge on any atom is -0.460 e. The van der Waals surface area contributed by atoms with E-state index in [4.69, 9.17) is 20.8 Å². The molecule has 3 aromatic rings. The van der Waals surface area contributed by atoms with Crippen molar-refractivity contribution in [2.75, 3.05) is 6.61 Å². The second-order valence-electron chi connectivity index (χ2n) is 4.90. The van der Waals surface area contributed by atoms with Gasteiger partial charge in [0.15, 0.2) is 0 Å². The lowest BCUT2D eigenvalue weighted by Crippen LogP contribution is -2.08. The van der Waals surface area contributed by atoms with Gasteiger partial charge in [0.2, 0.25) is 5.76 Å². The highest BCUT2D eigenvalue weighted by Gasteiger charge is 2.14. The maximum atomic E-state index is 12.0. The number of furan rings is 1. The second kappa shape index (κ2) is 7.15. The fraction of sp³-hybridized carbons (Fsp3) is 0.176. The Kier molecular flexibility index (Phi) is 4.78. The number of carbonyl (C=O) groups is 1. The summed E-state index contributed by atoms with van der Waals surface area (Å²) in [5, 5.41) is 4.65. The lowest BCUT2D eigenvalue weighted by atomic mass is 10.2. The molecule has 0 radical (unpaired) electrons. The van der Waals surface area contributed by atoms with E-state index < -0.39 is 5.97 Å². The zero-order valence-electron chi connectivity index (χ0n) is 12.3. The van der Waals surface area contributed by atoms with E-state index in [1.54, 1.807) is 29.1 Å². The molecule has 0 amide bonds. The predicted octanol–water partition coefficient (Wildman–Crippen LogP) is 4.04. The topological polar surface area (TPSA) is 57.3 Å². The van der Waals surface area contributed by atoms with E-state index in [2.05, 4.69) is 5.10 Å². The van der Waals surface area contributed by atoms with Gasteiger partial charge >= 0.3 is 5.97 Å². The molecular formula is C17H15ClN2O3. The third-order valence-electron chi connectivity index (χ3n) is 3.27. The summed E-state index contributed by atoms with van der Waals surface area (Å²) in [4.78, 5) is 12.0. The minimum atomic E-state index is -0.483. The normalized spacial score (nSPS) is 10.7. The molecule has 0 aliphatic carbocycles. The monoisotopic (exact) mass is 330 g/mol. The summed E-state index contributed by atoms with van der Waals surface area (Å²) in [6, 6.07) is 12.5. The van der Waals surface area contributed by atoms with Crippen LogP contribution in [0.15, 0.2) is 59.3 Å². The van der Waals surface area contributed by atoms with Crippen LogP contribution in [0, 0.1) is 0 Å². The standard InChI is InChI=1S/C17H15ClN2O3/c18-14-6-2-1-5-13(14)15-7-8-16(23-15)17(21)22-12-4-11-20-10-3-9-19-20/h1-3,5-10H,4,11-12H2. The zero-order chi connectivity index (χ0) is 16.1. The van der Waals surface area contributed by atoms with Crippen molar-refractivity contribution < 1.29 is 13.9 Å². The molecule has 0 aliphatic rings. The number of rotatable bonds is 6. The summed E-state index contributed by atoms with van der Waals surface area (Å²) in [6.45, 7) is 1.00. The molecule has 3 rings (SSSR count). The van der Waals surface area contributed by atoms with Gasteiger partial charge in [-0.2, -0.15) is 5.10 Å². The molecule has 2 aromatic heterocycles. The number of aromatic nitrogens is 2. The first-order chi connectivity index (χ1) is 11.2. The number of halogens is 1. The molecular weight excluding hydrogens is 316 g/mol. The van der Waals surface area contributed by atoms with Gasteiger partial charge in [-0.15, -0.1) is 0 Å². The van der Waals surface area contributed by atoms with E-state index in [1.165, 1.54) is 0 Å². The van der Waals surface area contributed by atoms with Gasteiger partial charge in [0, 0.05) is 30.9 Å². The SMILES string of the molecule is O=C(OCCCn1cccn1)c1ccc(-c2ccccc2Cl)o1. The summed E-state index contributed by atoms with van der Waals surface area (Å²) in [6.07, 6.45) is 4.26. The molecule has 0 fully saturated rings. The Bertz CT molecular complexity index is 781. The Morgan fingerprint density at radius 3 is 2.87 bits per heavy atom. The van der Waals surface area contributed by atoms with Crippen LogP contribution in [0.25, 0.3) is 11.3 Å². The molecule has 0 saturated heterocycles. The fourth-order valence-electron chi connectivity index (χ4n) is 2.15. The van der Waals surface area contributed by atoms with Gasteiger partial charge in [0.25, 0.3) is 0 Å². The van der Waals surface area contributed by atoms with Gasteiger partial charge < -0.3 is 9.15 Å². The lowest BCUT2D eigenvalue weighted by Gasteiger charge is -2.03. The summed E-state index contributed by atoms with van der Waals surface area (Å²) in [5.41, 5.74) is 0.742. The van der Waals surface area contributed by atoms with Crippen molar-refractivity contribution in [1.29, 1.82) is 0 Å². The van der Waals surface area contributed by atoms with Crippen molar-refractivity contribution in [3.8, 4) is 11.3 Å². The second-order valence-corrected chi connectivity index (χ2v) is 5.31. The molecule has 0 N–H and O–H groups in total. The molecule has 0 bridgehead atoms. The van der Waals surface area contributed by atoms with E-state index >= 15 is 0 Å². The van der Waals surface area contributed by atoms with Gasteiger partial charge in [0.05, 0.1) is 11.6 Å². The van der Waals surface area contributed by atoms with Crippen molar-refractivity contribution in [1.82, 2.24) is 9.78 Å². The number of aryl methyl sites for hydroxylation is 1. The largest absolute Gasteiger partial charge is 0.460 e. The molecule has 1 aromatic carbocycles. The van der Waals surface area contributed by atoms with Crippen molar-refractivity contribution in [3.63, 3.8) is 0 Å². The third-order valence-corrected chi connectivity index (χ3v) is 3.60. The van der Waals surface area contributed by atoms with E-state index in [-0.39, 0.29) is 5.76 Å². The molecule has 6 heteroatoms. The number of hydrogen-bond acceptors (Lipinski definition) is 4. The van der Waals surface area contributed by atoms with Gasteiger partial charge in [-0.05, 0) is 30.3 Å². The van der Waals surface area contributed by atoms with Crippen molar-refractivity contribution >= 4 is 17.6 Å². The Morgan fingerprint density at radius 2 is 2.09 bits per heavy atom. The van der Waals surface area contributed by atoms with Crippen molar-refractivity contribution in [3.05, 3.63) is 65.6 Å². The van der Waals surface area contributed by atoms with Crippen molar-refractivity contribution in [2.45, 2.75) is 13.0 Å². The first-order valence-electron chi connectivity index (χ1n) is 7.23. The van der Waals surface area contributed by atoms with Crippen LogP contribution in [0.2, 0.25) is 5.02 Å². The summed E-state index contributed by atoms with van der Waals surface area (Å²) < 4.78 is 12.5. The summed E-state index contributed by atoms with van der Waals surface area (Å²) >= 11 is 6.11. The van der Waals surface area contributed by atoms with E-state index in [0.29, 0.717) is 30.4 Å². The van der Waals surface area contributed by atoms with Gasteiger partial charge in [0.1, 0.15) is 5.76 Å². The van der Waals surface area contributed by atoms with Gasteiger partial charge in [-0.25, -0.2) is 4.79 Å². The van der Waals surface area contributed by atoms with Gasteiger partial charge in [-0.1, -0.05) is 23.7 Å². The van der Waals surface area contributed by atoms with Crippen LogP contribution in [0.3, 0.4) is 0 Å². The molecule has 0 atom stereocenters. The molecule has 5 nitrogen and oxygen atoms in total. The van der Waals surface area contributed by atoms with Crippen molar-refractivity contribution in [2.24, 2.45) is 0 Å². The molecule has 118 valence electrons. The number of esters is 1. The first kappa shape index (κ1) is 15.4. The van der Waals surface area contributed by atoms with Crippen LogP contribution in [-0.4, -0.2) is 22.4 Å². The molecule has 0 saturated carbocycles. The first-order valence-corrected chi connectivity index (χ1v) is 7.61. The number of hydrogen-bond donors (Lipinski definition) is 0. The number of benzene rings is 1. The molecule has 0 spiro atoms. The zero-order valence-corrected chi connectivity index (χ0v) is 13.1. The molecule has 0 unspecified atom stereocenters. The highest BCUT2D eigenvalue weighted by molar-refractivity contribution is 6.33. The summed E-state index contributed by atoms with van der Waals surface area (Å²) in [5.74, 6) is 0.224. The van der Waals surface area contributed by atoms with Gasteiger partial charge in [-0.3, -0.25) is 4.68 Å². The number of ether oxygens (including phenoxy) is 1. The van der Waals surface area contributed by atoms with Crippen LogP contribution in [0.4, 0.5) is 0 Å². The van der Waals surface area contributed by atoms with Crippen LogP contribution in [-0.2, 0) is 11.3 Å². The highest BCUT2D eigenvalue weighted by Crippen LogP contribution is 2.29. The molecule has 2 heterocycles. The molecule has 0 aliphatic heterocycles. The minimum absolute atomic E-state index is 0.166. The molecule has 23 heavy (non-hydrogen) atoms. The summed E-state index contributed by atoms with van der Waals surface area (Å²) in [7, 11) is 0. The Labute approximate surface area is 138 Å².